The Bertz CT molecular complexity index is 445. The van der Waals surface area contributed by atoms with Crippen LogP contribution < -0.4 is 5.32 Å². The van der Waals surface area contributed by atoms with Crippen molar-refractivity contribution in [2.24, 2.45) is 0 Å². The number of nitrogens with one attached hydrogen (secondary N) is 1. The van der Waals surface area contributed by atoms with Crippen molar-refractivity contribution in [2.45, 2.75) is 17.4 Å². The number of hydrogen-bond donors (Lipinski definition) is 1. The van der Waals surface area contributed by atoms with Gasteiger partial charge in [-0.3, -0.25) is 4.98 Å². The van der Waals surface area contributed by atoms with Gasteiger partial charge in [0.25, 0.3) is 0 Å². The number of benzene rings is 1. The molecule has 0 amide bonds. The molecule has 0 aliphatic rings. The lowest BCUT2D eigenvalue weighted by Crippen LogP contribution is -2.30. The Morgan fingerprint density at radius 2 is 1.89 bits per heavy atom. The number of pyridine rings is 1. The first-order valence-electron chi connectivity index (χ1n) is 6.13. The summed E-state index contributed by atoms with van der Waals surface area (Å²) in [5.74, 6) is 1.05. The molecule has 0 bridgehead atoms. The number of hydrogen-bond acceptors (Lipinski definition) is 3. The summed E-state index contributed by atoms with van der Waals surface area (Å²) in [5.41, 5.74) is 1.14. The smallest absolute Gasteiger partial charge is 0.0419 e. The van der Waals surface area contributed by atoms with Crippen molar-refractivity contribution in [3.63, 3.8) is 0 Å². The van der Waals surface area contributed by atoms with E-state index >= 15 is 0 Å². The van der Waals surface area contributed by atoms with Crippen molar-refractivity contribution in [1.82, 2.24) is 10.3 Å². The van der Waals surface area contributed by atoms with Gasteiger partial charge in [-0.25, -0.2) is 0 Å². The third-order valence-electron chi connectivity index (χ3n) is 2.78. The molecule has 1 atom stereocenters. The molecule has 2 rings (SSSR count). The minimum atomic E-state index is 0.449. The van der Waals surface area contributed by atoms with Gasteiger partial charge in [-0.1, -0.05) is 24.3 Å². The molecule has 1 unspecified atom stereocenters. The minimum absolute atomic E-state index is 0.449. The number of thioether (sulfide) groups is 1. The summed E-state index contributed by atoms with van der Waals surface area (Å²) < 4.78 is 0. The summed E-state index contributed by atoms with van der Waals surface area (Å²) in [6, 6.07) is 17.0. The zero-order valence-electron chi connectivity index (χ0n) is 10.5. The second-order valence-electron chi connectivity index (χ2n) is 4.13. The van der Waals surface area contributed by atoms with Crippen molar-refractivity contribution in [3.05, 3.63) is 60.4 Å². The van der Waals surface area contributed by atoms with Crippen LogP contribution in [0.2, 0.25) is 0 Å². The van der Waals surface area contributed by atoms with Gasteiger partial charge >= 0.3 is 0 Å². The lowest BCUT2D eigenvalue weighted by molar-refractivity contribution is 0.609. The molecule has 0 spiro atoms. The van der Waals surface area contributed by atoms with E-state index in [-0.39, 0.29) is 0 Å². The molecule has 0 fully saturated rings. The predicted octanol–water partition coefficient (Wildman–Crippen LogP) is 3.00. The molecular weight excluding hydrogens is 240 g/mol. The van der Waals surface area contributed by atoms with Crippen molar-refractivity contribution >= 4 is 11.8 Å². The zero-order chi connectivity index (χ0) is 12.6. The van der Waals surface area contributed by atoms with E-state index in [1.807, 2.05) is 43.2 Å². The van der Waals surface area contributed by atoms with Gasteiger partial charge in [-0.05, 0) is 31.3 Å². The van der Waals surface area contributed by atoms with Crippen molar-refractivity contribution < 1.29 is 0 Å². The fourth-order valence-corrected chi connectivity index (χ4v) is 2.76. The molecule has 1 aromatic heterocycles. The second-order valence-corrected chi connectivity index (χ2v) is 5.23. The third kappa shape index (κ3) is 4.17. The molecule has 0 radical (unpaired) electrons. The Labute approximate surface area is 113 Å². The van der Waals surface area contributed by atoms with E-state index in [1.165, 1.54) is 4.90 Å². The molecule has 2 nitrogen and oxygen atoms in total. The average Bonchev–Trinajstić information content (AvgIpc) is 2.45. The van der Waals surface area contributed by atoms with E-state index < -0.39 is 0 Å². The van der Waals surface area contributed by atoms with Crippen LogP contribution in [0.15, 0.2) is 59.6 Å². The number of aromatic nitrogens is 1. The first-order valence-corrected chi connectivity index (χ1v) is 7.12. The van der Waals surface area contributed by atoms with Gasteiger partial charge in [0.05, 0.1) is 0 Å². The van der Waals surface area contributed by atoms with Crippen LogP contribution in [0.25, 0.3) is 0 Å². The highest BCUT2D eigenvalue weighted by atomic mass is 32.2. The molecule has 1 N–H and O–H groups in total. The number of likely N-dealkylation sites (N-methyl/N-ethyl adjacent to an activating group) is 1. The molecule has 1 aromatic carbocycles. The maximum absolute atomic E-state index is 4.37. The summed E-state index contributed by atoms with van der Waals surface area (Å²) in [5, 5.41) is 3.36. The van der Waals surface area contributed by atoms with Gasteiger partial charge < -0.3 is 5.32 Å². The first kappa shape index (κ1) is 13.1. The molecule has 0 aliphatic heterocycles. The molecule has 18 heavy (non-hydrogen) atoms. The fourth-order valence-electron chi connectivity index (χ4n) is 1.73. The lowest BCUT2D eigenvalue weighted by atomic mass is 10.2. The first-order chi connectivity index (χ1) is 8.88. The minimum Gasteiger partial charge on any atom is -0.316 e. The van der Waals surface area contributed by atoms with Crippen LogP contribution in [0.1, 0.15) is 5.69 Å². The van der Waals surface area contributed by atoms with Crippen LogP contribution in [-0.4, -0.2) is 23.8 Å². The normalized spacial score (nSPS) is 12.3. The molecule has 0 aliphatic carbocycles. The highest BCUT2D eigenvalue weighted by Gasteiger charge is 2.08. The highest BCUT2D eigenvalue weighted by molar-refractivity contribution is 7.99. The zero-order valence-corrected chi connectivity index (χ0v) is 11.4. The molecule has 2 aromatic rings. The van der Waals surface area contributed by atoms with E-state index in [1.54, 1.807) is 0 Å². The van der Waals surface area contributed by atoms with Crippen LogP contribution in [0.4, 0.5) is 0 Å². The summed E-state index contributed by atoms with van der Waals surface area (Å²) in [7, 11) is 2.01. The van der Waals surface area contributed by atoms with Crippen LogP contribution in [0.5, 0.6) is 0 Å². The van der Waals surface area contributed by atoms with Crippen LogP contribution in [0.3, 0.4) is 0 Å². The Morgan fingerprint density at radius 1 is 1.11 bits per heavy atom. The number of rotatable bonds is 6. The maximum atomic E-state index is 4.37. The van der Waals surface area contributed by atoms with Crippen molar-refractivity contribution in [1.29, 1.82) is 0 Å². The molecule has 3 heteroatoms. The van der Waals surface area contributed by atoms with E-state index in [9.17, 15) is 0 Å². The Kier molecular flexibility index (Phi) is 5.24. The van der Waals surface area contributed by atoms with Gasteiger partial charge in [0.1, 0.15) is 0 Å². The van der Waals surface area contributed by atoms with Gasteiger partial charge in [0.15, 0.2) is 0 Å². The van der Waals surface area contributed by atoms with Gasteiger partial charge in [0, 0.05) is 35.0 Å². The molecular formula is C15H18N2S. The van der Waals surface area contributed by atoms with Crippen LogP contribution in [0, 0.1) is 0 Å². The molecule has 0 saturated carbocycles. The van der Waals surface area contributed by atoms with Gasteiger partial charge in [-0.2, -0.15) is 0 Å². The molecule has 1 heterocycles. The van der Waals surface area contributed by atoms with E-state index in [0.717, 1.165) is 17.9 Å². The van der Waals surface area contributed by atoms with Crippen molar-refractivity contribution in [3.8, 4) is 0 Å². The Hall–Kier alpha value is -1.32. The second kappa shape index (κ2) is 7.19. The Morgan fingerprint density at radius 3 is 2.56 bits per heavy atom. The summed E-state index contributed by atoms with van der Waals surface area (Å²) in [4.78, 5) is 5.69. The topological polar surface area (TPSA) is 24.9 Å². The highest BCUT2D eigenvalue weighted by Crippen LogP contribution is 2.18. The van der Waals surface area contributed by atoms with E-state index in [2.05, 4.69) is 40.6 Å². The monoisotopic (exact) mass is 258 g/mol. The maximum Gasteiger partial charge on any atom is 0.0419 e. The van der Waals surface area contributed by atoms with Gasteiger partial charge in [0.2, 0.25) is 0 Å². The van der Waals surface area contributed by atoms with Gasteiger partial charge in [-0.15, -0.1) is 11.8 Å². The quantitative estimate of drug-likeness (QED) is 0.806. The molecule has 0 saturated heterocycles. The van der Waals surface area contributed by atoms with Crippen LogP contribution >= 0.6 is 11.8 Å². The summed E-state index contributed by atoms with van der Waals surface area (Å²) >= 11 is 1.88. The SMILES string of the molecule is CNC(CSc1ccccc1)Cc1ccccn1. The third-order valence-corrected chi connectivity index (χ3v) is 3.96. The largest absolute Gasteiger partial charge is 0.316 e. The summed E-state index contributed by atoms with van der Waals surface area (Å²) in [6.45, 7) is 0. The average molecular weight is 258 g/mol. The van der Waals surface area contributed by atoms with E-state index in [0.29, 0.717) is 6.04 Å². The number of nitrogens with zero attached hydrogens (tertiary/aromatic N) is 1. The van der Waals surface area contributed by atoms with E-state index in [4.69, 9.17) is 0 Å². The Balaban J connectivity index is 1.86. The molecule has 94 valence electrons. The summed E-state index contributed by atoms with van der Waals surface area (Å²) in [6.07, 6.45) is 2.82. The van der Waals surface area contributed by atoms with Crippen molar-refractivity contribution in [2.75, 3.05) is 12.8 Å². The van der Waals surface area contributed by atoms with Crippen LogP contribution in [-0.2, 0) is 6.42 Å². The standard InChI is InChI=1S/C15H18N2S/c1-16-14(11-13-7-5-6-10-17-13)12-18-15-8-3-2-4-9-15/h2-10,14,16H,11-12H2,1H3. The fraction of sp³-hybridized carbons (Fsp3) is 0.267. The predicted molar refractivity (Wildman–Crippen MR) is 78.0 cm³/mol. The lowest BCUT2D eigenvalue weighted by Gasteiger charge is -2.15.